The second-order valence-corrected chi connectivity index (χ2v) is 5.85. The van der Waals surface area contributed by atoms with Gasteiger partial charge in [0.25, 0.3) is 0 Å². The van der Waals surface area contributed by atoms with E-state index < -0.39 is 5.97 Å². The molecule has 0 fully saturated rings. The molecule has 1 heterocycles. The number of rotatable bonds is 5. The molecule has 1 aromatic heterocycles. The van der Waals surface area contributed by atoms with Crippen LogP contribution in [0.25, 0.3) is 0 Å². The Kier molecular flexibility index (Phi) is 5.19. The van der Waals surface area contributed by atoms with E-state index in [0.29, 0.717) is 18.0 Å². The normalized spacial score (nSPS) is 10.2. The van der Waals surface area contributed by atoms with E-state index in [1.807, 2.05) is 12.1 Å². The van der Waals surface area contributed by atoms with Gasteiger partial charge in [-0.15, -0.1) is 0 Å². The summed E-state index contributed by atoms with van der Waals surface area (Å²) in [7, 11) is 1.59. The van der Waals surface area contributed by atoms with E-state index in [1.165, 1.54) is 6.07 Å². The van der Waals surface area contributed by atoms with Crippen molar-refractivity contribution in [1.82, 2.24) is 4.98 Å². The van der Waals surface area contributed by atoms with Gasteiger partial charge in [0.1, 0.15) is 11.4 Å². The number of carbonyl (C=O) groups is 1. The second-order valence-electron chi connectivity index (χ2n) is 4.14. The average Bonchev–Trinajstić information content (AvgIpc) is 2.46. The SMILES string of the molecule is COc1cc(NCc2cccc(C(=O)O)n2)c(Br)cc1Br. The Morgan fingerprint density at radius 3 is 2.76 bits per heavy atom. The molecule has 1 aromatic carbocycles. The average molecular weight is 416 g/mol. The largest absolute Gasteiger partial charge is 0.495 e. The summed E-state index contributed by atoms with van der Waals surface area (Å²) < 4.78 is 6.95. The summed E-state index contributed by atoms with van der Waals surface area (Å²) in [4.78, 5) is 14.9. The van der Waals surface area contributed by atoms with Gasteiger partial charge in [-0.2, -0.15) is 0 Å². The summed E-state index contributed by atoms with van der Waals surface area (Å²) in [6, 6.07) is 8.62. The number of methoxy groups -OCH3 is 1. The molecule has 0 bridgehead atoms. The van der Waals surface area contributed by atoms with Gasteiger partial charge in [-0.3, -0.25) is 0 Å². The van der Waals surface area contributed by atoms with Gasteiger partial charge in [0.2, 0.25) is 0 Å². The lowest BCUT2D eigenvalue weighted by Crippen LogP contribution is -2.06. The Morgan fingerprint density at radius 2 is 2.10 bits per heavy atom. The molecular formula is C14H12Br2N2O3. The molecule has 21 heavy (non-hydrogen) atoms. The number of benzene rings is 1. The molecule has 0 atom stereocenters. The Morgan fingerprint density at radius 1 is 1.33 bits per heavy atom. The molecular weight excluding hydrogens is 404 g/mol. The third-order valence-electron chi connectivity index (χ3n) is 2.73. The van der Waals surface area contributed by atoms with E-state index in [-0.39, 0.29) is 5.69 Å². The minimum absolute atomic E-state index is 0.0294. The number of hydrogen-bond acceptors (Lipinski definition) is 4. The molecule has 0 amide bonds. The number of halogens is 2. The predicted octanol–water partition coefficient (Wildman–Crippen LogP) is 3.93. The molecule has 0 spiro atoms. The molecule has 0 aliphatic heterocycles. The third-order valence-corrected chi connectivity index (χ3v) is 4.00. The van der Waals surface area contributed by atoms with Crippen molar-refractivity contribution in [3.63, 3.8) is 0 Å². The van der Waals surface area contributed by atoms with E-state index in [0.717, 1.165) is 14.6 Å². The van der Waals surface area contributed by atoms with Gasteiger partial charge in [0, 0.05) is 10.5 Å². The minimum atomic E-state index is -1.04. The van der Waals surface area contributed by atoms with Crippen LogP contribution in [0.4, 0.5) is 5.69 Å². The molecule has 0 aliphatic carbocycles. The van der Waals surface area contributed by atoms with Crippen LogP contribution in [0.1, 0.15) is 16.2 Å². The van der Waals surface area contributed by atoms with Crippen LogP contribution in [0.15, 0.2) is 39.3 Å². The number of aromatic nitrogens is 1. The molecule has 0 radical (unpaired) electrons. The molecule has 0 saturated heterocycles. The highest BCUT2D eigenvalue weighted by Crippen LogP contribution is 2.34. The standard InChI is InChI=1S/C14H12Br2N2O3/c1-21-13-6-12(9(15)5-10(13)16)17-7-8-3-2-4-11(18-8)14(19)20/h2-6,17H,7H2,1H3,(H,19,20). The molecule has 110 valence electrons. The first-order valence-electron chi connectivity index (χ1n) is 5.97. The molecule has 5 nitrogen and oxygen atoms in total. The number of carboxylic acid groups (broad SMARTS) is 1. The summed E-state index contributed by atoms with van der Waals surface area (Å²) in [5, 5.41) is 12.1. The number of carboxylic acids is 1. The fourth-order valence-corrected chi connectivity index (χ4v) is 3.00. The Hall–Kier alpha value is -1.60. The first-order valence-corrected chi connectivity index (χ1v) is 7.56. The van der Waals surface area contributed by atoms with Crippen LogP contribution in [0.3, 0.4) is 0 Å². The topological polar surface area (TPSA) is 71.5 Å². The van der Waals surface area contributed by atoms with Crippen molar-refractivity contribution in [2.24, 2.45) is 0 Å². The number of ether oxygens (including phenoxy) is 1. The summed E-state index contributed by atoms with van der Waals surface area (Å²) in [5.41, 5.74) is 1.50. The summed E-state index contributed by atoms with van der Waals surface area (Å²) in [5.74, 6) is -0.337. The van der Waals surface area contributed by atoms with Crippen LogP contribution in [0.2, 0.25) is 0 Å². The van der Waals surface area contributed by atoms with Crippen LogP contribution in [-0.2, 0) is 6.54 Å². The van der Waals surface area contributed by atoms with Gasteiger partial charge in [-0.25, -0.2) is 9.78 Å². The summed E-state index contributed by atoms with van der Waals surface area (Å²) >= 11 is 6.86. The molecule has 0 aliphatic rings. The van der Waals surface area contributed by atoms with Crippen LogP contribution in [-0.4, -0.2) is 23.2 Å². The van der Waals surface area contributed by atoms with Crippen molar-refractivity contribution in [1.29, 1.82) is 0 Å². The third kappa shape index (κ3) is 3.95. The number of hydrogen-bond donors (Lipinski definition) is 2. The van der Waals surface area contributed by atoms with E-state index in [4.69, 9.17) is 9.84 Å². The molecule has 7 heteroatoms. The molecule has 0 unspecified atom stereocenters. The smallest absolute Gasteiger partial charge is 0.354 e. The van der Waals surface area contributed by atoms with E-state index >= 15 is 0 Å². The second kappa shape index (κ2) is 6.91. The lowest BCUT2D eigenvalue weighted by atomic mass is 10.2. The van der Waals surface area contributed by atoms with Crippen molar-refractivity contribution >= 4 is 43.5 Å². The highest BCUT2D eigenvalue weighted by atomic mass is 79.9. The first kappa shape index (κ1) is 15.8. The van der Waals surface area contributed by atoms with Crippen molar-refractivity contribution < 1.29 is 14.6 Å². The quantitative estimate of drug-likeness (QED) is 0.774. The van der Waals surface area contributed by atoms with Gasteiger partial charge < -0.3 is 15.2 Å². The molecule has 2 rings (SSSR count). The van der Waals surface area contributed by atoms with Crippen LogP contribution < -0.4 is 10.1 Å². The van der Waals surface area contributed by atoms with Crippen molar-refractivity contribution in [2.75, 3.05) is 12.4 Å². The Balaban J connectivity index is 2.16. The monoisotopic (exact) mass is 414 g/mol. The zero-order valence-electron chi connectivity index (χ0n) is 11.1. The molecule has 0 saturated carbocycles. The number of nitrogens with one attached hydrogen (secondary N) is 1. The number of aromatic carboxylic acids is 1. The molecule has 2 aromatic rings. The predicted molar refractivity (Wildman–Crippen MR) is 86.9 cm³/mol. The zero-order valence-corrected chi connectivity index (χ0v) is 14.2. The highest BCUT2D eigenvalue weighted by Gasteiger charge is 2.08. The van der Waals surface area contributed by atoms with Crippen LogP contribution >= 0.6 is 31.9 Å². The zero-order chi connectivity index (χ0) is 15.4. The summed E-state index contributed by atoms with van der Waals surface area (Å²) in [6.07, 6.45) is 0. The Bertz CT molecular complexity index is 677. The van der Waals surface area contributed by atoms with Gasteiger partial charge in [-0.05, 0) is 50.1 Å². The summed E-state index contributed by atoms with van der Waals surface area (Å²) in [6.45, 7) is 0.407. The van der Waals surface area contributed by atoms with Gasteiger partial charge >= 0.3 is 5.97 Å². The van der Waals surface area contributed by atoms with Crippen molar-refractivity contribution in [3.05, 3.63) is 50.7 Å². The fourth-order valence-electron chi connectivity index (χ4n) is 1.70. The lowest BCUT2D eigenvalue weighted by Gasteiger charge is -2.12. The number of anilines is 1. The Labute approximate surface area is 138 Å². The van der Waals surface area contributed by atoms with Crippen LogP contribution in [0, 0.1) is 0 Å². The first-order chi connectivity index (χ1) is 10.0. The van der Waals surface area contributed by atoms with E-state index in [2.05, 4.69) is 42.2 Å². The van der Waals surface area contributed by atoms with Crippen LogP contribution in [0.5, 0.6) is 5.75 Å². The highest BCUT2D eigenvalue weighted by molar-refractivity contribution is 9.11. The maximum Gasteiger partial charge on any atom is 0.354 e. The lowest BCUT2D eigenvalue weighted by molar-refractivity contribution is 0.0690. The number of nitrogens with zero attached hydrogens (tertiary/aromatic N) is 1. The fraction of sp³-hybridized carbons (Fsp3) is 0.143. The van der Waals surface area contributed by atoms with Gasteiger partial charge in [0.05, 0.1) is 29.5 Å². The van der Waals surface area contributed by atoms with Gasteiger partial charge in [-0.1, -0.05) is 6.07 Å². The van der Waals surface area contributed by atoms with Crippen molar-refractivity contribution in [2.45, 2.75) is 6.54 Å². The number of pyridine rings is 1. The minimum Gasteiger partial charge on any atom is -0.495 e. The van der Waals surface area contributed by atoms with Crippen molar-refractivity contribution in [3.8, 4) is 5.75 Å². The molecule has 2 N–H and O–H groups in total. The maximum atomic E-state index is 10.9. The van der Waals surface area contributed by atoms with E-state index in [1.54, 1.807) is 19.2 Å². The maximum absolute atomic E-state index is 10.9. The van der Waals surface area contributed by atoms with E-state index in [9.17, 15) is 4.79 Å². The van der Waals surface area contributed by atoms with Gasteiger partial charge in [0.15, 0.2) is 0 Å².